The number of carbonyl (C=O) groups is 1. The Morgan fingerprint density at radius 2 is 1.46 bits per heavy atom. The molecule has 0 bridgehead atoms. The molecule has 0 fully saturated rings. The summed E-state index contributed by atoms with van der Waals surface area (Å²) in [5, 5.41) is 0. The van der Waals surface area contributed by atoms with Crippen LogP contribution < -0.4 is 0 Å². The maximum absolute atomic E-state index is 14.1. The smallest absolute Gasteiger partial charge is 0.340 e. The Bertz CT molecular complexity index is 1390. The first kappa shape index (κ1) is 26.7. The van der Waals surface area contributed by atoms with Crippen molar-refractivity contribution in [2.45, 2.75) is 6.18 Å². The van der Waals surface area contributed by atoms with Crippen LogP contribution in [0.2, 0.25) is 0 Å². The van der Waals surface area contributed by atoms with Gasteiger partial charge in [0.05, 0.1) is 22.6 Å². The molecule has 8 heteroatoms. The Balaban J connectivity index is 1.86. The molecular formula is C29H27BrF3N3O. The van der Waals surface area contributed by atoms with E-state index in [-0.39, 0.29) is 11.6 Å². The van der Waals surface area contributed by atoms with E-state index >= 15 is 0 Å². The zero-order valence-corrected chi connectivity index (χ0v) is 22.3. The third-order valence-corrected chi connectivity index (χ3v) is 6.63. The second kappa shape index (κ2) is 10.9. The minimum atomic E-state index is -4.54. The summed E-state index contributed by atoms with van der Waals surface area (Å²) in [6, 6.07) is 23.6. The number of rotatable bonds is 7. The van der Waals surface area contributed by atoms with Gasteiger partial charge in [-0.15, -0.1) is 0 Å². The average molecular weight is 570 g/mol. The number of likely N-dealkylation sites (N-methyl/N-ethyl adjacent to an activating group) is 2. The maximum atomic E-state index is 14.1. The van der Waals surface area contributed by atoms with Gasteiger partial charge in [-0.1, -0.05) is 52.3 Å². The van der Waals surface area contributed by atoms with Crippen molar-refractivity contribution in [3.8, 4) is 28.2 Å². The topological polar surface area (TPSA) is 28.5 Å². The summed E-state index contributed by atoms with van der Waals surface area (Å²) in [7, 11) is 5.62. The molecule has 4 aromatic rings. The van der Waals surface area contributed by atoms with E-state index < -0.39 is 11.7 Å². The second-order valence-corrected chi connectivity index (χ2v) is 9.99. The summed E-state index contributed by atoms with van der Waals surface area (Å²) in [6.07, 6.45) is -4.54. The first-order valence-electron chi connectivity index (χ1n) is 11.7. The number of hydrogen-bond donors (Lipinski definition) is 0. The summed E-state index contributed by atoms with van der Waals surface area (Å²) in [4.78, 5) is 16.7. The molecule has 0 aliphatic carbocycles. The van der Waals surface area contributed by atoms with E-state index in [0.29, 0.717) is 29.1 Å². The molecule has 0 saturated heterocycles. The summed E-state index contributed by atoms with van der Waals surface area (Å²) < 4.78 is 44.7. The van der Waals surface area contributed by atoms with E-state index in [2.05, 4.69) is 15.9 Å². The minimum absolute atomic E-state index is 0.0211. The van der Waals surface area contributed by atoms with Gasteiger partial charge in [0.1, 0.15) is 0 Å². The maximum Gasteiger partial charge on any atom is 0.418 e. The molecule has 0 aliphatic heterocycles. The fourth-order valence-corrected chi connectivity index (χ4v) is 4.42. The highest BCUT2D eigenvalue weighted by Gasteiger charge is 2.34. The summed E-state index contributed by atoms with van der Waals surface area (Å²) >= 11 is 3.42. The standard InChI is InChI=1S/C29H27BrF3N3O/c1-34(2)17-18-35(3)28(37)22-8-6-7-21(19-22)26-16-15-25(20-11-13-23(30)14-12-20)36(26)27-10-5-4-9-24(27)29(31,32)33/h4-16,19H,17-18H2,1-3H3. The van der Waals surface area contributed by atoms with E-state index in [1.54, 1.807) is 46.8 Å². The third kappa shape index (κ3) is 5.97. The van der Waals surface area contributed by atoms with Crippen molar-refractivity contribution in [2.75, 3.05) is 34.2 Å². The number of halogens is 4. The number of aromatic nitrogens is 1. The highest BCUT2D eigenvalue weighted by molar-refractivity contribution is 9.10. The van der Waals surface area contributed by atoms with Gasteiger partial charge in [-0.3, -0.25) is 4.79 Å². The summed E-state index contributed by atoms with van der Waals surface area (Å²) in [5.74, 6) is -0.148. The van der Waals surface area contributed by atoms with Gasteiger partial charge in [0.2, 0.25) is 0 Å². The third-order valence-electron chi connectivity index (χ3n) is 6.11. The van der Waals surface area contributed by atoms with Crippen molar-refractivity contribution in [1.29, 1.82) is 0 Å². The molecule has 0 radical (unpaired) electrons. The van der Waals surface area contributed by atoms with Crippen molar-refractivity contribution >= 4 is 21.8 Å². The molecule has 4 nitrogen and oxygen atoms in total. The van der Waals surface area contributed by atoms with Crippen LogP contribution in [0.25, 0.3) is 28.2 Å². The molecule has 37 heavy (non-hydrogen) atoms. The molecule has 0 saturated carbocycles. The van der Waals surface area contributed by atoms with E-state index in [4.69, 9.17) is 0 Å². The lowest BCUT2D eigenvalue weighted by atomic mass is 10.1. The zero-order chi connectivity index (χ0) is 26.7. The van der Waals surface area contributed by atoms with Gasteiger partial charge in [0.25, 0.3) is 5.91 Å². The summed E-state index contributed by atoms with van der Waals surface area (Å²) in [5.41, 5.74) is 2.34. The lowest BCUT2D eigenvalue weighted by Gasteiger charge is -2.21. The SMILES string of the molecule is CN(C)CCN(C)C(=O)c1cccc(-c2ccc(-c3ccc(Br)cc3)n2-c2ccccc2C(F)(F)F)c1. The highest BCUT2D eigenvalue weighted by atomic mass is 79.9. The molecule has 4 rings (SSSR count). The van der Waals surface area contributed by atoms with Crippen LogP contribution >= 0.6 is 15.9 Å². The van der Waals surface area contributed by atoms with Gasteiger partial charge in [0, 0.05) is 30.2 Å². The predicted octanol–water partition coefficient (Wildman–Crippen LogP) is 7.23. The first-order chi connectivity index (χ1) is 17.6. The molecule has 0 atom stereocenters. The highest BCUT2D eigenvalue weighted by Crippen LogP contribution is 2.39. The average Bonchev–Trinajstić information content (AvgIpc) is 3.32. The normalized spacial score (nSPS) is 11.7. The number of hydrogen-bond acceptors (Lipinski definition) is 2. The Morgan fingerprint density at radius 3 is 2.11 bits per heavy atom. The summed E-state index contributed by atoms with van der Waals surface area (Å²) in [6.45, 7) is 1.27. The van der Waals surface area contributed by atoms with Gasteiger partial charge in [-0.05, 0) is 73.8 Å². The molecule has 3 aromatic carbocycles. The second-order valence-electron chi connectivity index (χ2n) is 9.07. The van der Waals surface area contributed by atoms with Crippen molar-refractivity contribution in [2.24, 2.45) is 0 Å². The van der Waals surface area contributed by atoms with Gasteiger partial charge in [0.15, 0.2) is 0 Å². The van der Waals surface area contributed by atoms with E-state index in [0.717, 1.165) is 22.6 Å². The van der Waals surface area contributed by atoms with Crippen molar-refractivity contribution < 1.29 is 18.0 Å². The molecule has 1 aromatic heterocycles. The molecule has 0 aliphatic rings. The fraction of sp³-hybridized carbons (Fsp3) is 0.207. The number of para-hydroxylation sites is 1. The van der Waals surface area contributed by atoms with Crippen LogP contribution in [-0.4, -0.2) is 54.5 Å². The number of amides is 1. The molecule has 0 spiro atoms. The molecule has 1 heterocycles. The lowest BCUT2D eigenvalue weighted by Crippen LogP contribution is -2.33. The lowest BCUT2D eigenvalue weighted by molar-refractivity contribution is -0.137. The van der Waals surface area contributed by atoms with Crippen molar-refractivity contribution in [1.82, 2.24) is 14.4 Å². The Hall–Kier alpha value is -3.36. The van der Waals surface area contributed by atoms with Crippen molar-refractivity contribution in [3.05, 3.63) is 101 Å². The minimum Gasteiger partial charge on any atom is -0.340 e. The van der Waals surface area contributed by atoms with E-state index in [1.165, 1.54) is 12.1 Å². The van der Waals surface area contributed by atoms with E-state index in [1.807, 2.05) is 55.4 Å². The van der Waals surface area contributed by atoms with Crippen LogP contribution in [0.5, 0.6) is 0 Å². The number of carbonyl (C=O) groups excluding carboxylic acids is 1. The molecule has 0 unspecified atom stereocenters. The van der Waals surface area contributed by atoms with Crippen LogP contribution in [0.4, 0.5) is 13.2 Å². The van der Waals surface area contributed by atoms with Gasteiger partial charge in [-0.25, -0.2) is 0 Å². The van der Waals surface area contributed by atoms with Crippen LogP contribution in [0.15, 0.2) is 89.4 Å². The van der Waals surface area contributed by atoms with Crippen molar-refractivity contribution in [3.63, 3.8) is 0 Å². The fourth-order valence-electron chi connectivity index (χ4n) is 4.16. The largest absolute Gasteiger partial charge is 0.418 e. The number of alkyl halides is 3. The van der Waals surface area contributed by atoms with Crippen LogP contribution in [0.1, 0.15) is 15.9 Å². The van der Waals surface area contributed by atoms with Crippen LogP contribution in [-0.2, 0) is 6.18 Å². The Morgan fingerprint density at radius 1 is 0.811 bits per heavy atom. The zero-order valence-electron chi connectivity index (χ0n) is 20.8. The van der Waals surface area contributed by atoms with E-state index in [9.17, 15) is 18.0 Å². The molecular weight excluding hydrogens is 543 g/mol. The number of nitrogens with zero attached hydrogens (tertiary/aromatic N) is 3. The molecule has 0 N–H and O–H groups in total. The monoisotopic (exact) mass is 569 g/mol. The van der Waals surface area contributed by atoms with Gasteiger partial charge < -0.3 is 14.4 Å². The Kier molecular flexibility index (Phi) is 7.90. The van der Waals surface area contributed by atoms with Crippen LogP contribution in [0, 0.1) is 0 Å². The molecule has 192 valence electrons. The first-order valence-corrected chi connectivity index (χ1v) is 12.5. The predicted molar refractivity (Wildman–Crippen MR) is 145 cm³/mol. The quantitative estimate of drug-likeness (QED) is 0.235. The van der Waals surface area contributed by atoms with Gasteiger partial charge >= 0.3 is 6.18 Å². The van der Waals surface area contributed by atoms with Gasteiger partial charge in [-0.2, -0.15) is 13.2 Å². The van der Waals surface area contributed by atoms with Crippen LogP contribution in [0.3, 0.4) is 0 Å². The molecule has 1 amide bonds. The number of benzene rings is 3. The Labute approximate surface area is 223 Å².